The maximum Gasteiger partial charge on any atom is 0.133 e. The molecule has 1 fully saturated rings. The summed E-state index contributed by atoms with van der Waals surface area (Å²) >= 11 is 0. The smallest absolute Gasteiger partial charge is 0.133 e. The van der Waals surface area contributed by atoms with Crippen LogP contribution in [0.4, 0.5) is 0 Å². The molecule has 2 aliphatic rings. The molecule has 2 aliphatic carbocycles. The lowest BCUT2D eigenvalue weighted by molar-refractivity contribution is -0.123. The number of fused-ring (bicyclic) bond motifs is 3. The second kappa shape index (κ2) is 3.59. The monoisotopic (exact) mass is 230 g/mol. The minimum absolute atomic E-state index is 0.148. The highest BCUT2D eigenvalue weighted by Crippen LogP contribution is 2.49. The fourth-order valence-electron chi connectivity index (χ4n) is 3.65. The maximum absolute atomic E-state index is 11.6. The van der Waals surface area contributed by atoms with Gasteiger partial charge in [0.05, 0.1) is 0 Å². The van der Waals surface area contributed by atoms with Crippen LogP contribution in [0.15, 0.2) is 18.2 Å². The lowest BCUT2D eigenvalue weighted by Gasteiger charge is -2.46. The second-order valence-electron chi connectivity index (χ2n) is 5.74. The molecule has 90 valence electrons. The molecule has 0 aliphatic heterocycles. The van der Waals surface area contributed by atoms with Crippen molar-refractivity contribution in [2.75, 3.05) is 0 Å². The average Bonchev–Trinajstić information content (AvgIpc) is 2.30. The lowest BCUT2D eigenvalue weighted by Crippen LogP contribution is -2.41. The number of carbonyl (C=O) groups is 1. The van der Waals surface area contributed by atoms with Crippen molar-refractivity contribution in [3.63, 3.8) is 0 Å². The van der Waals surface area contributed by atoms with Gasteiger partial charge in [0.15, 0.2) is 0 Å². The normalized spacial score (nSPS) is 31.8. The zero-order chi connectivity index (χ0) is 12.0. The van der Waals surface area contributed by atoms with Crippen molar-refractivity contribution in [1.29, 1.82) is 0 Å². The van der Waals surface area contributed by atoms with Gasteiger partial charge < -0.3 is 5.11 Å². The van der Waals surface area contributed by atoms with Crippen molar-refractivity contribution in [1.82, 2.24) is 0 Å². The zero-order valence-corrected chi connectivity index (χ0v) is 10.2. The van der Waals surface area contributed by atoms with E-state index in [0.29, 0.717) is 23.9 Å². The molecule has 2 heteroatoms. The Morgan fingerprint density at radius 2 is 2.18 bits per heavy atom. The highest BCUT2D eigenvalue weighted by atomic mass is 16.3. The van der Waals surface area contributed by atoms with E-state index in [-0.39, 0.29) is 5.41 Å². The fraction of sp³-hybridized carbons (Fsp3) is 0.533. The van der Waals surface area contributed by atoms with E-state index < -0.39 is 0 Å². The number of rotatable bonds is 0. The van der Waals surface area contributed by atoms with Gasteiger partial charge in [0, 0.05) is 12.8 Å². The molecule has 1 aromatic carbocycles. The molecule has 0 spiro atoms. The van der Waals surface area contributed by atoms with Gasteiger partial charge in [-0.1, -0.05) is 13.0 Å². The van der Waals surface area contributed by atoms with E-state index >= 15 is 0 Å². The van der Waals surface area contributed by atoms with Crippen LogP contribution in [-0.4, -0.2) is 10.9 Å². The Bertz CT molecular complexity index is 478. The van der Waals surface area contributed by atoms with Gasteiger partial charge in [0.2, 0.25) is 0 Å². The van der Waals surface area contributed by atoms with Gasteiger partial charge in [-0.25, -0.2) is 0 Å². The van der Waals surface area contributed by atoms with Crippen molar-refractivity contribution in [2.24, 2.45) is 5.92 Å². The topological polar surface area (TPSA) is 37.3 Å². The fourth-order valence-corrected chi connectivity index (χ4v) is 3.65. The number of hydrogen-bond acceptors (Lipinski definition) is 2. The van der Waals surface area contributed by atoms with E-state index in [1.165, 1.54) is 11.1 Å². The van der Waals surface area contributed by atoms with Crippen LogP contribution in [-0.2, 0) is 16.6 Å². The van der Waals surface area contributed by atoms with Gasteiger partial charge in [-0.3, -0.25) is 4.79 Å². The molecule has 0 unspecified atom stereocenters. The number of ketones is 1. The molecule has 0 bridgehead atoms. The third kappa shape index (κ3) is 1.58. The summed E-state index contributed by atoms with van der Waals surface area (Å²) in [4.78, 5) is 11.6. The first-order chi connectivity index (χ1) is 8.09. The highest BCUT2D eigenvalue weighted by molar-refractivity contribution is 5.80. The van der Waals surface area contributed by atoms with E-state index in [9.17, 15) is 9.90 Å². The Hall–Kier alpha value is -1.31. The number of carbonyl (C=O) groups excluding carboxylic acids is 1. The first-order valence-corrected chi connectivity index (χ1v) is 6.44. The third-order valence-electron chi connectivity index (χ3n) is 4.76. The molecule has 17 heavy (non-hydrogen) atoms. The molecule has 0 amide bonds. The molecule has 0 aromatic heterocycles. The van der Waals surface area contributed by atoms with Crippen molar-refractivity contribution >= 4 is 5.78 Å². The number of hydrogen-bond donors (Lipinski definition) is 1. The molecule has 0 radical (unpaired) electrons. The highest BCUT2D eigenvalue weighted by Gasteiger charge is 2.43. The molecule has 2 atom stereocenters. The third-order valence-corrected chi connectivity index (χ3v) is 4.76. The van der Waals surface area contributed by atoms with Crippen LogP contribution in [0.2, 0.25) is 0 Å². The Kier molecular flexibility index (Phi) is 2.29. The molecule has 1 N–H and O–H groups in total. The minimum atomic E-state index is 0.148. The van der Waals surface area contributed by atoms with Gasteiger partial charge >= 0.3 is 0 Å². The summed E-state index contributed by atoms with van der Waals surface area (Å²) in [7, 11) is 0. The van der Waals surface area contributed by atoms with Gasteiger partial charge in [0.1, 0.15) is 11.5 Å². The van der Waals surface area contributed by atoms with Crippen molar-refractivity contribution in [2.45, 2.75) is 44.4 Å². The molecule has 1 saturated carbocycles. The number of benzene rings is 1. The molecule has 3 rings (SSSR count). The van der Waals surface area contributed by atoms with Crippen LogP contribution in [0, 0.1) is 5.92 Å². The van der Waals surface area contributed by atoms with Crippen LogP contribution >= 0.6 is 0 Å². The van der Waals surface area contributed by atoms with E-state index in [0.717, 1.165) is 25.7 Å². The van der Waals surface area contributed by atoms with E-state index in [1.54, 1.807) is 6.07 Å². The van der Waals surface area contributed by atoms with Gasteiger partial charge in [-0.05, 0) is 53.9 Å². The largest absolute Gasteiger partial charge is 0.508 e. The summed E-state index contributed by atoms with van der Waals surface area (Å²) in [6, 6.07) is 5.74. The Labute approximate surface area is 102 Å². The number of phenolic OH excluding ortho intramolecular Hbond substituents is 1. The summed E-state index contributed by atoms with van der Waals surface area (Å²) in [5, 5.41) is 9.56. The Morgan fingerprint density at radius 3 is 3.00 bits per heavy atom. The summed E-state index contributed by atoms with van der Waals surface area (Å²) in [5.41, 5.74) is 2.78. The van der Waals surface area contributed by atoms with Crippen molar-refractivity contribution in [3.05, 3.63) is 29.3 Å². The number of aryl methyl sites for hydroxylation is 1. The summed E-state index contributed by atoms with van der Waals surface area (Å²) in [6.45, 7) is 2.29. The predicted octanol–water partition coefficient (Wildman–Crippen LogP) is 2.97. The molecule has 0 saturated heterocycles. The van der Waals surface area contributed by atoms with Gasteiger partial charge in [0.25, 0.3) is 0 Å². The van der Waals surface area contributed by atoms with Crippen LogP contribution in [0.3, 0.4) is 0 Å². The van der Waals surface area contributed by atoms with Crippen molar-refractivity contribution < 1.29 is 9.90 Å². The molecule has 1 aromatic rings. The molecular weight excluding hydrogens is 212 g/mol. The predicted molar refractivity (Wildman–Crippen MR) is 66.1 cm³/mol. The zero-order valence-electron chi connectivity index (χ0n) is 10.2. The minimum Gasteiger partial charge on any atom is -0.508 e. The van der Waals surface area contributed by atoms with Crippen LogP contribution in [0.25, 0.3) is 0 Å². The average molecular weight is 230 g/mol. The number of aromatic hydroxyl groups is 1. The summed E-state index contributed by atoms with van der Waals surface area (Å²) in [5.74, 6) is 1.29. The lowest BCUT2D eigenvalue weighted by atomic mass is 9.58. The van der Waals surface area contributed by atoms with Crippen LogP contribution in [0.5, 0.6) is 5.75 Å². The first-order valence-electron chi connectivity index (χ1n) is 6.44. The van der Waals surface area contributed by atoms with Gasteiger partial charge in [-0.15, -0.1) is 0 Å². The number of Topliss-reactive ketones (excluding diaryl/α,β-unsaturated/α-hetero) is 1. The van der Waals surface area contributed by atoms with E-state index in [1.807, 2.05) is 6.07 Å². The van der Waals surface area contributed by atoms with E-state index in [2.05, 4.69) is 13.0 Å². The Balaban J connectivity index is 2.07. The summed E-state index contributed by atoms with van der Waals surface area (Å²) < 4.78 is 0. The molecular formula is C15H18O2. The quantitative estimate of drug-likeness (QED) is 0.744. The number of phenols is 1. The first kappa shape index (κ1) is 10.8. The van der Waals surface area contributed by atoms with Crippen LogP contribution < -0.4 is 0 Å². The standard InChI is InChI=1S/C15H18O2/c1-15-7-6-13(17)9-11(15)3-2-10-8-12(16)4-5-14(10)15/h4-5,8,11,16H,2-3,6-7,9H2,1H3/t11-,15-/m1/s1. The maximum atomic E-state index is 11.6. The van der Waals surface area contributed by atoms with Crippen LogP contribution in [0.1, 0.15) is 43.7 Å². The van der Waals surface area contributed by atoms with Gasteiger partial charge in [-0.2, -0.15) is 0 Å². The van der Waals surface area contributed by atoms with Crippen molar-refractivity contribution in [3.8, 4) is 5.75 Å². The molecule has 2 nitrogen and oxygen atoms in total. The molecule has 0 heterocycles. The second-order valence-corrected chi connectivity index (χ2v) is 5.74. The summed E-state index contributed by atoms with van der Waals surface area (Å²) in [6.07, 6.45) is 4.51. The SMILES string of the molecule is C[C@@]12CCC(=O)C[C@H]1CCc1cc(O)ccc12. The van der Waals surface area contributed by atoms with E-state index in [4.69, 9.17) is 0 Å². The Morgan fingerprint density at radius 1 is 1.35 bits per heavy atom.